The summed E-state index contributed by atoms with van der Waals surface area (Å²) in [5.41, 5.74) is 0.825. The van der Waals surface area contributed by atoms with Gasteiger partial charge in [-0.2, -0.15) is 0 Å². The van der Waals surface area contributed by atoms with Crippen LogP contribution < -0.4 is 10.6 Å². The summed E-state index contributed by atoms with van der Waals surface area (Å²) in [4.78, 5) is 12.2. The quantitative estimate of drug-likeness (QED) is 0.846. The predicted molar refractivity (Wildman–Crippen MR) is 70.0 cm³/mol. The molecule has 2 rings (SSSR count). The molecule has 1 atom stereocenters. The first-order chi connectivity index (χ1) is 8.51. The van der Waals surface area contributed by atoms with Gasteiger partial charge in [0.25, 0.3) is 0 Å². The third kappa shape index (κ3) is 2.70. The molecule has 1 amide bonds. The molecule has 2 N–H and O–H groups in total. The maximum absolute atomic E-state index is 13.1. The smallest absolute Gasteiger partial charge is 0.231 e. The molecule has 1 saturated heterocycles. The standard InChI is InChI=1S/C14H19FN2O/c1-10-8-11(4-5-12(10)15)17-13(18)14(2)6-3-7-16-9-14/h4-5,8,16H,3,6-7,9H2,1-2H3,(H,17,18). The van der Waals surface area contributed by atoms with E-state index in [0.717, 1.165) is 19.4 Å². The van der Waals surface area contributed by atoms with Gasteiger partial charge in [0.1, 0.15) is 5.82 Å². The van der Waals surface area contributed by atoms with E-state index in [1.54, 1.807) is 19.1 Å². The van der Waals surface area contributed by atoms with Crippen molar-refractivity contribution >= 4 is 11.6 Å². The normalized spacial score (nSPS) is 23.7. The Bertz CT molecular complexity index is 453. The summed E-state index contributed by atoms with van der Waals surface area (Å²) in [7, 11) is 0. The van der Waals surface area contributed by atoms with Crippen molar-refractivity contribution in [3.63, 3.8) is 0 Å². The number of rotatable bonds is 2. The van der Waals surface area contributed by atoms with Gasteiger partial charge in [0.05, 0.1) is 5.41 Å². The summed E-state index contributed by atoms with van der Waals surface area (Å²) < 4.78 is 13.1. The van der Waals surface area contributed by atoms with Crippen molar-refractivity contribution in [3.05, 3.63) is 29.6 Å². The van der Waals surface area contributed by atoms with Crippen LogP contribution in [0.15, 0.2) is 18.2 Å². The van der Waals surface area contributed by atoms with E-state index in [9.17, 15) is 9.18 Å². The van der Waals surface area contributed by atoms with Gasteiger partial charge in [-0.25, -0.2) is 4.39 Å². The monoisotopic (exact) mass is 250 g/mol. The molecular formula is C14H19FN2O. The minimum Gasteiger partial charge on any atom is -0.326 e. The number of hydrogen-bond donors (Lipinski definition) is 2. The molecule has 1 aromatic rings. The summed E-state index contributed by atoms with van der Waals surface area (Å²) in [6.45, 7) is 5.32. The number of carbonyl (C=O) groups is 1. The summed E-state index contributed by atoms with van der Waals surface area (Å²) in [6.07, 6.45) is 1.89. The van der Waals surface area contributed by atoms with Gasteiger partial charge in [-0.05, 0) is 57.0 Å². The summed E-state index contributed by atoms with van der Waals surface area (Å²) >= 11 is 0. The Morgan fingerprint density at radius 3 is 2.89 bits per heavy atom. The first-order valence-electron chi connectivity index (χ1n) is 6.30. The lowest BCUT2D eigenvalue weighted by Crippen LogP contribution is -2.46. The van der Waals surface area contributed by atoms with E-state index in [1.165, 1.54) is 6.07 Å². The molecule has 1 heterocycles. The van der Waals surface area contributed by atoms with Gasteiger partial charge < -0.3 is 10.6 Å². The van der Waals surface area contributed by atoms with Crippen molar-refractivity contribution in [2.24, 2.45) is 5.41 Å². The highest BCUT2D eigenvalue weighted by molar-refractivity contribution is 5.95. The van der Waals surface area contributed by atoms with Gasteiger partial charge in [0.2, 0.25) is 5.91 Å². The summed E-state index contributed by atoms with van der Waals surface area (Å²) in [6, 6.07) is 4.64. The van der Waals surface area contributed by atoms with Crippen molar-refractivity contribution in [2.45, 2.75) is 26.7 Å². The molecule has 0 aromatic heterocycles. The van der Waals surface area contributed by atoms with Gasteiger partial charge in [0, 0.05) is 12.2 Å². The maximum atomic E-state index is 13.1. The molecule has 0 spiro atoms. The van der Waals surface area contributed by atoms with Crippen LogP contribution in [0.5, 0.6) is 0 Å². The van der Waals surface area contributed by atoms with Gasteiger partial charge in [-0.3, -0.25) is 4.79 Å². The minimum atomic E-state index is -0.374. The number of hydrogen-bond acceptors (Lipinski definition) is 2. The maximum Gasteiger partial charge on any atom is 0.231 e. The number of benzene rings is 1. The third-order valence-corrected chi connectivity index (χ3v) is 3.56. The zero-order chi connectivity index (χ0) is 13.2. The Morgan fingerprint density at radius 1 is 1.50 bits per heavy atom. The molecule has 0 radical (unpaired) electrons. The first kappa shape index (κ1) is 13.0. The highest BCUT2D eigenvalue weighted by Crippen LogP contribution is 2.27. The molecule has 18 heavy (non-hydrogen) atoms. The second kappa shape index (κ2) is 5.06. The Balaban J connectivity index is 2.08. The number of piperidine rings is 1. The van der Waals surface area contributed by atoms with Crippen molar-refractivity contribution in [1.82, 2.24) is 5.32 Å². The number of amides is 1. The van der Waals surface area contributed by atoms with Crippen LogP contribution in [-0.4, -0.2) is 19.0 Å². The van der Waals surface area contributed by atoms with E-state index in [4.69, 9.17) is 0 Å². The average molecular weight is 250 g/mol. The molecule has 0 aliphatic carbocycles. The van der Waals surface area contributed by atoms with Crippen LogP contribution in [0, 0.1) is 18.2 Å². The van der Waals surface area contributed by atoms with E-state index in [0.29, 0.717) is 17.8 Å². The zero-order valence-corrected chi connectivity index (χ0v) is 10.8. The molecule has 1 fully saturated rings. The second-order valence-electron chi connectivity index (χ2n) is 5.26. The van der Waals surface area contributed by atoms with Gasteiger partial charge >= 0.3 is 0 Å². The number of carbonyl (C=O) groups excluding carboxylic acids is 1. The summed E-state index contributed by atoms with van der Waals surface area (Å²) in [5, 5.41) is 6.12. The average Bonchev–Trinajstić information content (AvgIpc) is 2.35. The highest BCUT2D eigenvalue weighted by atomic mass is 19.1. The molecule has 0 saturated carbocycles. The first-order valence-corrected chi connectivity index (χ1v) is 6.30. The molecule has 4 heteroatoms. The van der Waals surface area contributed by atoms with Gasteiger partial charge in [-0.15, -0.1) is 0 Å². The molecule has 0 bridgehead atoms. The second-order valence-corrected chi connectivity index (χ2v) is 5.26. The fourth-order valence-electron chi connectivity index (χ4n) is 2.25. The van der Waals surface area contributed by atoms with Crippen LogP contribution in [0.2, 0.25) is 0 Å². The van der Waals surface area contributed by atoms with Crippen molar-refractivity contribution in [1.29, 1.82) is 0 Å². The van der Waals surface area contributed by atoms with Gasteiger partial charge in [-0.1, -0.05) is 0 Å². The Kier molecular flexibility index (Phi) is 3.66. The Labute approximate surface area is 107 Å². The topological polar surface area (TPSA) is 41.1 Å². The number of aryl methyl sites for hydroxylation is 1. The molecular weight excluding hydrogens is 231 g/mol. The number of halogens is 1. The van der Waals surface area contributed by atoms with Crippen LogP contribution in [0.3, 0.4) is 0 Å². The van der Waals surface area contributed by atoms with Crippen molar-refractivity contribution < 1.29 is 9.18 Å². The van der Waals surface area contributed by atoms with Crippen LogP contribution in [0.25, 0.3) is 0 Å². The highest BCUT2D eigenvalue weighted by Gasteiger charge is 2.34. The minimum absolute atomic E-state index is 0.000656. The Hall–Kier alpha value is -1.42. The van der Waals surface area contributed by atoms with Crippen molar-refractivity contribution in [3.8, 4) is 0 Å². The fourth-order valence-corrected chi connectivity index (χ4v) is 2.25. The van der Waals surface area contributed by atoms with E-state index in [-0.39, 0.29) is 17.1 Å². The molecule has 1 unspecified atom stereocenters. The SMILES string of the molecule is Cc1cc(NC(=O)C2(C)CCCNC2)ccc1F. The molecule has 1 aliphatic heterocycles. The fraction of sp³-hybridized carbons (Fsp3) is 0.500. The number of nitrogens with one attached hydrogen (secondary N) is 2. The van der Waals surface area contributed by atoms with E-state index in [1.807, 2.05) is 6.92 Å². The third-order valence-electron chi connectivity index (χ3n) is 3.56. The lowest BCUT2D eigenvalue weighted by Gasteiger charge is -2.32. The van der Waals surface area contributed by atoms with Crippen LogP contribution in [0.1, 0.15) is 25.3 Å². The predicted octanol–water partition coefficient (Wildman–Crippen LogP) is 2.46. The molecule has 98 valence electrons. The molecule has 3 nitrogen and oxygen atoms in total. The Morgan fingerprint density at radius 2 is 2.28 bits per heavy atom. The van der Waals surface area contributed by atoms with E-state index >= 15 is 0 Å². The van der Waals surface area contributed by atoms with E-state index in [2.05, 4.69) is 10.6 Å². The summed E-state index contributed by atoms with van der Waals surface area (Å²) in [5.74, 6) is -0.251. The van der Waals surface area contributed by atoms with Crippen LogP contribution in [0.4, 0.5) is 10.1 Å². The van der Waals surface area contributed by atoms with E-state index < -0.39 is 0 Å². The van der Waals surface area contributed by atoms with Crippen molar-refractivity contribution in [2.75, 3.05) is 18.4 Å². The lowest BCUT2D eigenvalue weighted by atomic mass is 9.82. The van der Waals surface area contributed by atoms with Gasteiger partial charge in [0.15, 0.2) is 0 Å². The molecule has 1 aliphatic rings. The largest absolute Gasteiger partial charge is 0.326 e. The van der Waals surface area contributed by atoms with Crippen LogP contribution >= 0.6 is 0 Å². The number of anilines is 1. The molecule has 1 aromatic carbocycles. The lowest BCUT2D eigenvalue weighted by molar-refractivity contribution is -0.125. The zero-order valence-electron chi connectivity index (χ0n) is 10.8. The van der Waals surface area contributed by atoms with Crippen LogP contribution in [-0.2, 0) is 4.79 Å².